The summed E-state index contributed by atoms with van der Waals surface area (Å²) >= 11 is 0. The molecule has 2 amide bonds. The van der Waals surface area contributed by atoms with E-state index in [1.807, 2.05) is 107 Å². The zero-order chi connectivity index (χ0) is 62.5. The van der Waals surface area contributed by atoms with Crippen molar-refractivity contribution in [2.75, 3.05) is 85.2 Å². The van der Waals surface area contributed by atoms with Crippen LogP contribution in [0.4, 0.5) is 10.2 Å². The second-order valence-corrected chi connectivity index (χ2v) is 22.5. The number of nitrogens with one attached hydrogen (secondary N) is 2. The molecule has 24 nitrogen and oxygen atoms in total. The predicted molar refractivity (Wildman–Crippen MR) is 311 cm³/mol. The summed E-state index contributed by atoms with van der Waals surface area (Å²) in [6, 6.07) is 24.8. The molecule has 0 bridgehead atoms. The molecule has 2 aliphatic heterocycles. The van der Waals surface area contributed by atoms with Crippen LogP contribution in [0.15, 0.2) is 95.9 Å². The lowest BCUT2D eigenvalue weighted by Crippen LogP contribution is -2.66. The Balaban J connectivity index is 1.13. The van der Waals surface area contributed by atoms with Gasteiger partial charge in [0.15, 0.2) is 30.9 Å². The molecule has 2 saturated heterocycles. The normalized spacial score (nSPS) is 21.6. The van der Waals surface area contributed by atoms with E-state index >= 15 is 4.39 Å². The number of anilines is 1. The molecule has 6 rings (SSSR count). The fourth-order valence-electron chi connectivity index (χ4n) is 10.1. The van der Waals surface area contributed by atoms with Gasteiger partial charge in [-0.25, -0.2) is 9.18 Å². The molecule has 1 unspecified atom stereocenters. The highest BCUT2D eigenvalue weighted by Crippen LogP contribution is 2.50. The molecule has 2 fully saturated rings. The van der Waals surface area contributed by atoms with Crippen molar-refractivity contribution in [1.29, 1.82) is 0 Å². The molecule has 0 spiro atoms. The molecule has 3 aromatic carbocycles. The first-order valence-electron chi connectivity index (χ1n) is 28.3. The van der Waals surface area contributed by atoms with Crippen LogP contribution in [0.3, 0.4) is 0 Å². The maximum atomic E-state index is 17.7. The van der Waals surface area contributed by atoms with Gasteiger partial charge in [-0.1, -0.05) is 54.6 Å². The third-order valence-corrected chi connectivity index (χ3v) is 16.1. The van der Waals surface area contributed by atoms with Crippen LogP contribution in [0.5, 0.6) is 11.5 Å². The van der Waals surface area contributed by atoms with Crippen molar-refractivity contribution >= 4 is 43.8 Å². The highest BCUT2D eigenvalue weighted by Gasteiger charge is 2.53. The Labute approximate surface area is 501 Å². The molecule has 26 heteroatoms. The number of benzene rings is 3. The topological polar surface area (TPSA) is 268 Å². The number of alkyl halides is 1. The Morgan fingerprint density at radius 3 is 1.71 bits per heavy atom. The number of carbonyl (C=O) groups is 5. The molecule has 472 valence electrons. The van der Waals surface area contributed by atoms with E-state index in [1.54, 1.807) is 14.2 Å². The highest BCUT2D eigenvalue weighted by atomic mass is 31.2. The van der Waals surface area contributed by atoms with E-state index in [4.69, 9.17) is 61.4 Å². The van der Waals surface area contributed by atoms with Crippen molar-refractivity contribution in [1.82, 2.24) is 19.5 Å². The van der Waals surface area contributed by atoms with Crippen LogP contribution in [0.1, 0.15) is 85.2 Å². The lowest BCUT2D eigenvalue weighted by Gasteiger charge is -2.44. The van der Waals surface area contributed by atoms with E-state index in [0.717, 1.165) is 35.1 Å². The van der Waals surface area contributed by atoms with Gasteiger partial charge in [0.1, 0.15) is 62.2 Å². The molecule has 86 heavy (non-hydrogen) atoms. The minimum Gasteiger partial charge on any atom is -0.497 e. The Hall–Kier alpha value is -6.51. The van der Waals surface area contributed by atoms with E-state index in [0.29, 0.717) is 17.7 Å². The molecular weight excluding hydrogens is 1140 g/mol. The lowest BCUT2D eigenvalue weighted by molar-refractivity contribution is -0.279. The van der Waals surface area contributed by atoms with Gasteiger partial charge in [-0.15, -0.1) is 0 Å². The summed E-state index contributed by atoms with van der Waals surface area (Å²) in [7, 11) is 1.53. The molecule has 2 N–H and O–H groups in total. The number of hydrogen-bond acceptors (Lipinski definition) is 21. The second-order valence-electron chi connectivity index (χ2n) is 20.6. The van der Waals surface area contributed by atoms with Gasteiger partial charge in [-0.2, -0.15) is 4.98 Å². The van der Waals surface area contributed by atoms with Gasteiger partial charge in [0.2, 0.25) is 11.8 Å². The van der Waals surface area contributed by atoms with Crippen LogP contribution < -0.4 is 25.8 Å². The van der Waals surface area contributed by atoms with Gasteiger partial charge in [0, 0.05) is 59.1 Å². The third-order valence-electron chi connectivity index (χ3n) is 13.6. The Morgan fingerprint density at radius 2 is 1.20 bits per heavy atom. The number of ether oxygens (including phenoxy) is 12. The summed E-state index contributed by atoms with van der Waals surface area (Å²) in [5.41, 5.74) is 0.0485. The summed E-state index contributed by atoms with van der Waals surface area (Å²) in [5.74, 6) is -1.79. The largest absolute Gasteiger partial charge is 0.497 e. The monoisotopic (exact) mass is 1230 g/mol. The van der Waals surface area contributed by atoms with E-state index < -0.39 is 105 Å². The van der Waals surface area contributed by atoms with Crippen molar-refractivity contribution in [2.45, 2.75) is 135 Å². The van der Waals surface area contributed by atoms with Gasteiger partial charge in [-0.3, -0.25) is 33.2 Å². The van der Waals surface area contributed by atoms with Crippen LogP contribution in [0.25, 0.3) is 0 Å². The van der Waals surface area contributed by atoms with Crippen molar-refractivity contribution in [2.24, 2.45) is 0 Å². The summed E-state index contributed by atoms with van der Waals surface area (Å²) in [6.45, 7) is 14.5. The maximum absolute atomic E-state index is 17.7. The average molecular weight is 1230 g/mol. The quantitative estimate of drug-likeness (QED) is 0.0182. The van der Waals surface area contributed by atoms with Crippen molar-refractivity contribution in [3.8, 4) is 11.5 Å². The minimum atomic E-state index is -1.93. The number of halogens is 1. The molecule has 2 aliphatic rings. The molecule has 0 radical (unpaired) electrons. The van der Waals surface area contributed by atoms with Crippen LogP contribution in [0.2, 0.25) is 0 Å². The Morgan fingerprint density at radius 1 is 0.663 bits per heavy atom. The number of hydrogen-bond donors (Lipinski definition) is 2. The zero-order valence-electron chi connectivity index (χ0n) is 50.5. The van der Waals surface area contributed by atoms with E-state index in [2.05, 4.69) is 20.3 Å². The molecule has 1 aromatic heterocycles. The van der Waals surface area contributed by atoms with E-state index in [1.165, 1.54) is 33.0 Å². The molecular formula is C60H81FN5O19P. The minimum absolute atomic E-state index is 0.00260. The number of nitrogens with zero attached hydrogens (tertiary/aromatic N) is 3. The van der Waals surface area contributed by atoms with Crippen LogP contribution in [0, 0.1) is 0 Å². The molecule has 0 saturated carbocycles. The molecule has 3 heterocycles. The van der Waals surface area contributed by atoms with E-state index in [9.17, 15) is 28.8 Å². The first kappa shape index (κ1) is 68.6. The second kappa shape index (κ2) is 33.6. The van der Waals surface area contributed by atoms with Gasteiger partial charge >= 0.3 is 23.6 Å². The Bertz CT molecular complexity index is 2800. The van der Waals surface area contributed by atoms with Gasteiger partial charge in [-0.05, 0) is 74.7 Å². The number of aromatic nitrogens is 2. The lowest BCUT2D eigenvalue weighted by atomic mass is 9.80. The third kappa shape index (κ3) is 19.0. The fourth-order valence-corrected chi connectivity index (χ4v) is 12.4. The number of amides is 2. The first-order chi connectivity index (χ1) is 41.2. The van der Waals surface area contributed by atoms with Crippen LogP contribution >= 0.6 is 8.30 Å². The fraction of sp³-hybridized carbons (Fsp3) is 0.550. The number of methoxy groups -OCH3 is 2. The first-order valence-corrected chi connectivity index (χ1v) is 29.7. The number of carbonyl (C=O) groups excluding carboxylic acids is 5. The Kier molecular flexibility index (Phi) is 26.8. The van der Waals surface area contributed by atoms with Crippen molar-refractivity contribution in [3.63, 3.8) is 0 Å². The smallest absolute Gasteiger partial charge is 0.351 e. The van der Waals surface area contributed by atoms with Crippen LogP contribution in [-0.4, -0.2) is 185 Å². The van der Waals surface area contributed by atoms with Gasteiger partial charge in [0.05, 0.1) is 67.1 Å². The summed E-state index contributed by atoms with van der Waals surface area (Å²) in [6.07, 6.45) is -9.05. The van der Waals surface area contributed by atoms with E-state index in [-0.39, 0.29) is 77.4 Å². The predicted octanol–water partition coefficient (Wildman–Crippen LogP) is 6.00. The van der Waals surface area contributed by atoms with Gasteiger partial charge in [0.25, 0.3) is 0 Å². The summed E-state index contributed by atoms with van der Waals surface area (Å²) in [4.78, 5) is 77.8. The van der Waals surface area contributed by atoms with Crippen molar-refractivity contribution in [3.05, 3.63) is 118 Å². The number of rotatable bonds is 33. The summed E-state index contributed by atoms with van der Waals surface area (Å²) in [5, 5.41) is 5.15. The highest BCUT2D eigenvalue weighted by molar-refractivity contribution is 7.50. The molecule has 0 aliphatic carbocycles. The standard InChI is InChI=1S/C60H81FN5O19P/c1-37(2)66(38(3)4)86(34-33-77-30-29-75-27-28-76-31-32-78-58-53(63-40(6)68)56(82-43(9)71)55(81-42(8)70)49(84-58)35-79-41(7)69)85-54-50(83-57(52(54)61)65-26-25-51(62-39(5)67)64-59(65)72)36-80-60(44-15-13-12-14-16-44,45-17-21-47(73-10)22-18-45)46-19-23-48(74-11)24-20-46/h12-26,37-38,49-50,52-58H,27-36H2,1-11H3,(H,63,68)(H,62,64,67,72)/t49-,50-,52-,53-,54-,55+,56-,57-,58-,86?/m1/s1. The number of esters is 3. The molecule has 4 aromatic rings. The average Bonchev–Trinajstić information content (AvgIpc) is 1.35. The van der Waals surface area contributed by atoms with Crippen molar-refractivity contribution < 1.29 is 89.7 Å². The van der Waals surface area contributed by atoms with Gasteiger partial charge < -0.3 is 72.0 Å². The van der Waals surface area contributed by atoms with Crippen LogP contribution in [-0.2, 0) is 81.5 Å². The maximum Gasteiger partial charge on any atom is 0.351 e. The molecule has 10 atom stereocenters. The zero-order valence-corrected chi connectivity index (χ0v) is 51.4. The SMILES string of the molecule is COc1ccc(C(OC[C@H]2O[C@@H](n3ccc(NC(C)=O)nc3=O)[C@H](F)[C@@H]2OP(CCOCCOCCOCCO[C@@H]2O[C@H](COC(C)=O)[C@H](OC(C)=O)[C@H](OC(C)=O)[C@H]2NC(C)=O)N(C(C)C)C(C)C)(c2ccccc2)c2ccc(OC)cc2)cc1. The summed E-state index contributed by atoms with van der Waals surface area (Å²) < 4.78 is 98.6.